The lowest BCUT2D eigenvalue weighted by Crippen LogP contribution is -2.34. The Bertz CT molecular complexity index is 1130. The summed E-state index contributed by atoms with van der Waals surface area (Å²) in [6.07, 6.45) is 0.0434. The van der Waals surface area contributed by atoms with Crippen LogP contribution >= 0.6 is 0 Å². The van der Waals surface area contributed by atoms with Crippen LogP contribution in [0.25, 0.3) is 11.0 Å². The summed E-state index contributed by atoms with van der Waals surface area (Å²) in [7, 11) is 0. The van der Waals surface area contributed by atoms with E-state index in [2.05, 4.69) is 5.32 Å². The Balaban J connectivity index is 1.80. The van der Waals surface area contributed by atoms with Crippen LogP contribution < -0.4 is 10.9 Å². The molecule has 3 rings (SSSR count). The average Bonchev–Trinajstić information content (AvgIpc) is 2.69. The second-order valence-corrected chi connectivity index (χ2v) is 6.83. The fourth-order valence-corrected chi connectivity index (χ4v) is 3.27. The molecular formula is C22H21NO6. The van der Waals surface area contributed by atoms with Gasteiger partial charge in [-0.25, -0.2) is 9.59 Å². The molecule has 1 amide bonds. The fourth-order valence-electron chi connectivity index (χ4n) is 3.27. The Labute approximate surface area is 166 Å². The predicted molar refractivity (Wildman–Crippen MR) is 107 cm³/mol. The molecule has 3 N–H and O–H groups in total. The highest BCUT2D eigenvalue weighted by Gasteiger charge is 2.22. The number of hydrogen-bond donors (Lipinski definition) is 3. The summed E-state index contributed by atoms with van der Waals surface area (Å²) < 4.78 is 5.36. The second-order valence-electron chi connectivity index (χ2n) is 6.83. The molecule has 0 aliphatic heterocycles. The van der Waals surface area contributed by atoms with E-state index in [1.54, 1.807) is 50.2 Å². The number of hydrogen-bond acceptors (Lipinski definition) is 5. The highest BCUT2D eigenvalue weighted by Crippen LogP contribution is 2.28. The number of amides is 1. The summed E-state index contributed by atoms with van der Waals surface area (Å²) in [5.74, 6) is -1.61. The van der Waals surface area contributed by atoms with Crippen molar-refractivity contribution < 1.29 is 24.2 Å². The number of benzene rings is 2. The number of nitrogens with one attached hydrogen (secondary N) is 1. The van der Waals surface area contributed by atoms with Gasteiger partial charge in [-0.15, -0.1) is 0 Å². The summed E-state index contributed by atoms with van der Waals surface area (Å²) in [6.45, 7) is 3.41. The molecule has 0 saturated heterocycles. The van der Waals surface area contributed by atoms with Gasteiger partial charge in [-0.3, -0.25) is 4.79 Å². The monoisotopic (exact) mass is 395 g/mol. The van der Waals surface area contributed by atoms with Crippen LogP contribution in [0.5, 0.6) is 5.75 Å². The first kappa shape index (κ1) is 20.1. The number of fused-ring (bicyclic) bond motifs is 1. The van der Waals surface area contributed by atoms with E-state index < -0.39 is 23.5 Å². The molecule has 3 aromatic rings. The minimum absolute atomic E-state index is 0.0350. The van der Waals surface area contributed by atoms with E-state index in [1.807, 2.05) is 0 Å². The van der Waals surface area contributed by atoms with Crippen molar-refractivity contribution in [1.29, 1.82) is 0 Å². The largest absolute Gasteiger partial charge is 0.508 e. The van der Waals surface area contributed by atoms with Gasteiger partial charge in [0, 0.05) is 22.9 Å². The zero-order chi connectivity index (χ0) is 21.1. The number of aryl methyl sites for hydroxylation is 2. The molecule has 2 aromatic carbocycles. The summed E-state index contributed by atoms with van der Waals surface area (Å²) >= 11 is 0. The van der Waals surface area contributed by atoms with Gasteiger partial charge in [0.25, 0.3) is 0 Å². The lowest BCUT2D eigenvalue weighted by atomic mass is 10.00. The second kappa shape index (κ2) is 8.18. The van der Waals surface area contributed by atoms with Crippen LogP contribution in [0.4, 0.5) is 0 Å². The zero-order valence-corrected chi connectivity index (χ0v) is 16.1. The molecule has 0 spiro atoms. The van der Waals surface area contributed by atoms with Crippen molar-refractivity contribution in [3.63, 3.8) is 0 Å². The summed E-state index contributed by atoms with van der Waals surface area (Å²) in [6, 6.07) is 10.4. The minimum Gasteiger partial charge on any atom is -0.508 e. The van der Waals surface area contributed by atoms with Crippen LogP contribution in [0.15, 0.2) is 51.7 Å². The lowest BCUT2D eigenvalue weighted by Gasteiger charge is -2.15. The average molecular weight is 395 g/mol. The van der Waals surface area contributed by atoms with Gasteiger partial charge in [0.15, 0.2) is 6.04 Å². The molecule has 29 heavy (non-hydrogen) atoms. The molecule has 1 heterocycles. The summed E-state index contributed by atoms with van der Waals surface area (Å²) in [5, 5.41) is 22.4. The number of phenolic OH excluding ortho intramolecular Hbond substituents is 1. The molecular weight excluding hydrogens is 374 g/mol. The van der Waals surface area contributed by atoms with Crippen LogP contribution in [0.1, 0.15) is 34.7 Å². The minimum atomic E-state index is -1.17. The molecule has 0 fully saturated rings. The first-order valence-corrected chi connectivity index (χ1v) is 9.11. The maximum Gasteiger partial charge on any atom is 0.339 e. The van der Waals surface area contributed by atoms with E-state index in [1.165, 1.54) is 6.07 Å². The van der Waals surface area contributed by atoms with Crippen LogP contribution in [0, 0.1) is 13.8 Å². The van der Waals surface area contributed by atoms with Gasteiger partial charge in [0.1, 0.15) is 11.3 Å². The van der Waals surface area contributed by atoms with E-state index in [0.29, 0.717) is 33.2 Å². The number of carboxylic acid groups (broad SMARTS) is 1. The molecule has 0 aliphatic carbocycles. The third-order valence-corrected chi connectivity index (χ3v) is 4.96. The number of carbonyl (C=O) groups excluding carboxylic acids is 1. The van der Waals surface area contributed by atoms with Crippen LogP contribution in [0.2, 0.25) is 0 Å². The highest BCUT2D eigenvalue weighted by molar-refractivity contribution is 5.86. The Hall–Kier alpha value is -3.61. The van der Waals surface area contributed by atoms with Gasteiger partial charge in [0.2, 0.25) is 5.91 Å². The summed E-state index contributed by atoms with van der Waals surface area (Å²) in [4.78, 5) is 36.3. The van der Waals surface area contributed by atoms with Gasteiger partial charge in [-0.05, 0) is 43.5 Å². The maximum absolute atomic E-state index is 12.4. The lowest BCUT2D eigenvalue weighted by molar-refractivity contribution is -0.142. The van der Waals surface area contributed by atoms with Crippen LogP contribution in [-0.4, -0.2) is 22.1 Å². The number of carbonyl (C=O) groups is 2. The molecule has 1 atom stereocenters. The molecule has 7 nitrogen and oxygen atoms in total. The van der Waals surface area contributed by atoms with E-state index in [0.717, 1.165) is 0 Å². The van der Waals surface area contributed by atoms with Gasteiger partial charge >= 0.3 is 11.6 Å². The third-order valence-electron chi connectivity index (χ3n) is 4.96. The van der Waals surface area contributed by atoms with E-state index in [9.17, 15) is 24.6 Å². The van der Waals surface area contributed by atoms with Gasteiger partial charge < -0.3 is 19.9 Å². The third kappa shape index (κ3) is 4.13. The number of aliphatic carboxylic acids is 1. The Kier molecular flexibility index (Phi) is 5.68. The Morgan fingerprint density at radius 1 is 1.07 bits per heavy atom. The number of phenols is 1. The van der Waals surface area contributed by atoms with Crippen LogP contribution in [-0.2, 0) is 16.0 Å². The number of carboxylic acids is 1. The topological polar surface area (TPSA) is 117 Å². The van der Waals surface area contributed by atoms with Gasteiger partial charge in [-0.1, -0.05) is 30.3 Å². The fraction of sp³-hybridized carbons (Fsp3) is 0.227. The van der Waals surface area contributed by atoms with Crippen molar-refractivity contribution >= 4 is 22.8 Å². The quantitative estimate of drug-likeness (QED) is 0.553. The molecule has 0 saturated carbocycles. The first-order valence-electron chi connectivity index (χ1n) is 9.11. The van der Waals surface area contributed by atoms with E-state index in [-0.39, 0.29) is 18.6 Å². The van der Waals surface area contributed by atoms with Crippen molar-refractivity contribution in [1.82, 2.24) is 5.32 Å². The molecule has 0 radical (unpaired) electrons. The molecule has 1 unspecified atom stereocenters. The first-order chi connectivity index (χ1) is 13.8. The Morgan fingerprint density at radius 3 is 2.41 bits per heavy atom. The standard InChI is InChI=1S/C22H21NO6/c1-12-15-8-10-17(24)13(2)20(15)29-22(28)16(12)9-11-18(25)23-19(21(26)27)14-6-4-3-5-7-14/h3-8,10,19,24H,9,11H2,1-2H3,(H,23,25)(H,26,27). The molecule has 0 bridgehead atoms. The van der Waals surface area contributed by atoms with E-state index >= 15 is 0 Å². The van der Waals surface area contributed by atoms with Crippen molar-refractivity contribution in [2.24, 2.45) is 0 Å². The van der Waals surface area contributed by atoms with Crippen molar-refractivity contribution in [2.75, 3.05) is 0 Å². The number of rotatable bonds is 6. The smallest absolute Gasteiger partial charge is 0.339 e. The van der Waals surface area contributed by atoms with Crippen molar-refractivity contribution in [2.45, 2.75) is 32.7 Å². The maximum atomic E-state index is 12.4. The normalized spacial score (nSPS) is 11.9. The van der Waals surface area contributed by atoms with E-state index in [4.69, 9.17) is 4.42 Å². The molecule has 0 aliphatic rings. The molecule has 1 aromatic heterocycles. The van der Waals surface area contributed by atoms with Gasteiger partial charge in [0.05, 0.1) is 0 Å². The van der Waals surface area contributed by atoms with Crippen LogP contribution in [0.3, 0.4) is 0 Å². The Morgan fingerprint density at radius 2 is 1.76 bits per heavy atom. The SMILES string of the molecule is Cc1c(CCC(=O)NC(C(=O)O)c2ccccc2)c(=O)oc2c(C)c(O)ccc12. The van der Waals surface area contributed by atoms with Crippen molar-refractivity contribution in [3.8, 4) is 5.75 Å². The summed E-state index contributed by atoms with van der Waals surface area (Å²) in [5.41, 5.74) is 1.70. The molecule has 150 valence electrons. The van der Waals surface area contributed by atoms with Crippen molar-refractivity contribution in [3.05, 3.63) is 75.1 Å². The number of aromatic hydroxyl groups is 1. The highest BCUT2D eigenvalue weighted by atomic mass is 16.4. The zero-order valence-electron chi connectivity index (χ0n) is 16.1. The van der Waals surface area contributed by atoms with Gasteiger partial charge in [-0.2, -0.15) is 0 Å². The predicted octanol–water partition coefficient (Wildman–Crippen LogP) is 2.99. The molecule has 7 heteroatoms.